The summed E-state index contributed by atoms with van der Waals surface area (Å²) in [4.78, 5) is 5.30. The number of likely N-dealkylation sites (N-methyl/N-ethyl adjacent to an activating group) is 1. The average Bonchev–Trinajstić information content (AvgIpc) is 2.41. The van der Waals surface area contributed by atoms with E-state index in [1.807, 2.05) is 0 Å². The molecule has 3 atom stereocenters. The highest BCUT2D eigenvalue weighted by molar-refractivity contribution is 4.84. The maximum absolute atomic E-state index is 2.78. The van der Waals surface area contributed by atoms with Crippen molar-refractivity contribution in [3.05, 3.63) is 0 Å². The van der Waals surface area contributed by atoms with Gasteiger partial charge in [-0.25, -0.2) is 0 Å². The lowest BCUT2D eigenvalue weighted by molar-refractivity contribution is 0.0806. The van der Waals surface area contributed by atoms with Gasteiger partial charge in [0.25, 0.3) is 0 Å². The number of hydrogen-bond donors (Lipinski definition) is 0. The molecule has 0 saturated carbocycles. The number of rotatable bonds is 1. The van der Waals surface area contributed by atoms with Crippen molar-refractivity contribution in [2.75, 3.05) is 33.2 Å². The smallest absolute Gasteiger partial charge is 0.0226 e. The number of piperidine rings is 1. The Bertz CT molecular complexity index is 207. The van der Waals surface area contributed by atoms with Crippen LogP contribution >= 0.6 is 0 Å². The summed E-state index contributed by atoms with van der Waals surface area (Å²) in [6.07, 6.45) is 5.71. The van der Waals surface area contributed by atoms with Crippen LogP contribution in [0.2, 0.25) is 0 Å². The SMILES string of the molecule is CC1CC(N2CCCCC(C)C2)CN(C)C1. The maximum Gasteiger partial charge on any atom is 0.0226 e. The van der Waals surface area contributed by atoms with Gasteiger partial charge in [-0.2, -0.15) is 0 Å². The molecule has 94 valence electrons. The summed E-state index contributed by atoms with van der Waals surface area (Å²) in [6, 6.07) is 0.828. The van der Waals surface area contributed by atoms with E-state index in [4.69, 9.17) is 0 Å². The van der Waals surface area contributed by atoms with Gasteiger partial charge in [-0.1, -0.05) is 20.3 Å². The Balaban J connectivity index is 1.93. The van der Waals surface area contributed by atoms with E-state index in [0.29, 0.717) is 0 Å². The first kappa shape index (κ1) is 12.4. The lowest BCUT2D eigenvalue weighted by Crippen LogP contribution is -2.50. The van der Waals surface area contributed by atoms with Gasteiger partial charge in [0, 0.05) is 25.7 Å². The fourth-order valence-corrected chi connectivity index (χ4v) is 3.57. The molecule has 2 aliphatic rings. The van der Waals surface area contributed by atoms with Crippen LogP contribution in [0.1, 0.15) is 39.5 Å². The monoisotopic (exact) mass is 224 g/mol. The minimum absolute atomic E-state index is 0.828. The Morgan fingerprint density at radius 2 is 1.75 bits per heavy atom. The molecule has 0 aromatic carbocycles. The summed E-state index contributed by atoms with van der Waals surface area (Å²) in [5.41, 5.74) is 0. The largest absolute Gasteiger partial charge is 0.305 e. The Kier molecular flexibility index (Phi) is 4.26. The topological polar surface area (TPSA) is 6.48 Å². The van der Waals surface area contributed by atoms with E-state index in [1.54, 1.807) is 0 Å². The number of nitrogens with zero attached hydrogens (tertiary/aromatic N) is 2. The molecule has 0 spiro atoms. The van der Waals surface area contributed by atoms with Gasteiger partial charge in [0.1, 0.15) is 0 Å². The zero-order valence-electron chi connectivity index (χ0n) is 11.3. The van der Waals surface area contributed by atoms with Crippen molar-refractivity contribution < 1.29 is 0 Å². The molecular weight excluding hydrogens is 196 g/mol. The van der Waals surface area contributed by atoms with Crippen molar-refractivity contribution in [1.82, 2.24) is 9.80 Å². The quantitative estimate of drug-likeness (QED) is 0.675. The van der Waals surface area contributed by atoms with Gasteiger partial charge in [-0.15, -0.1) is 0 Å². The first-order valence-electron chi connectivity index (χ1n) is 7.07. The van der Waals surface area contributed by atoms with Crippen molar-refractivity contribution in [3.63, 3.8) is 0 Å². The zero-order chi connectivity index (χ0) is 11.5. The molecule has 0 aliphatic carbocycles. The van der Waals surface area contributed by atoms with Crippen LogP contribution in [-0.2, 0) is 0 Å². The minimum Gasteiger partial charge on any atom is -0.305 e. The van der Waals surface area contributed by atoms with E-state index in [-0.39, 0.29) is 0 Å². The normalized spacial score (nSPS) is 39.6. The second-order valence-electron chi connectivity index (χ2n) is 6.31. The van der Waals surface area contributed by atoms with Crippen molar-refractivity contribution in [3.8, 4) is 0 Å². The van der Waals surface area contributed by atoms with Crippen LogP contribution in [0, 0.1) is 11.8 Å². The molecular formula is C14H28N2. The predicted molar refractivity (Wildman–Crippen MR) is 69.7 cm³/mol. The van der Waals surface area contributed by atoms with Crippen molar-refractivity contribution in [1.29, 1.82) is 0 Å². The molecule has 16 heavy (non-hydrogen) atoms. The number of hydrogen-bond acceptors (Lipinski definition) is 2. The summed E-state index contributed by atoms with van der Waals surface area (Å²) < 4.78 is 0. The average molecular weight is 224 g/mol. The summed E-state index contributed by atoms with van der Waals surface area (Å²) in [7, 11) is 2.28. The van der Waals surface area contributed by atoms with E-state index >= 15 is 0 Å². The van der Waals surface area contributed by atoms with Crippen LogP contribution in [-0.4, -0.2) is 49.1 Å². The van der Waals surface area contributed by atoms with Crippen molar-refractivity contribution in [2.45, 2.75) is 45.6 Å². The third-order valence-corrected chi connectivity index (χ3v) is 4.28. The van der Waals surface area contributed by atoms with Crippen molar-refractivity contribution in [2.24, 2.45) is 11.8 Å². The second kappa shape index (κ2) is 5.50. The van der Waals surface area contributed by atoms with Crippen LogP contribution < -0.4 is 0 Å². The van der Waals surface area contributed by atoms with Crippen molar-refractivity contribution >= 4 is 0 Å². The van der Waals surface area contributed by atoms with E-state index in [9.17, 15) is 0 Å². The molecule has 2 heteroatoms. The van der Waals surface area contributed by atoms with E-state index in [1.165, 1.54) is 51.9 Å². The Morgan fingerprint density at radius 3 is 2.50 bits per heavy atom. The fraction of sp³-hybridized carbons (Fsp3) is 1.00. The molecule has 2 heterocycles. The maximum atomic E-state index is 2.78. The molecule has 0 aromatic rings. The van der Waals surface area contributed by atoms with E-state index < -0.39 is 0 Å². The summed E-state index contributed by atoms with van der Waals surface area (Å²) >= 11 is 0. The summed E-state index contributed by atoms with van der Waals surface area (Å²) in [5.74, 6) is 1.78. The Morgan fingerprint density at radius 1 is 0.938 bits per heavy atom. The number of likely N-dealkylation sites (tertiary alicyclic amines) is 2. The van der Waals surface area contributed by atoms with Crippen LogP contribution in [0.5, 0.6) is 0 Å². The van der Waals surface area contributed by atoms with Gasteiger partial charge < -0.3 is 4.90 Å². The minimum atomic E-state index is 0.828. The first-order valence-corrected chi connectivity index (χ1v) is 7.07. The highest BCUT2D eigenvalue weighted by Gasteiger charge is 2.28. The molecule has 3 unspecified atom stereocenters. The molecule has 0 radical (unpaired) electrons. The zero-order valence-corrected chi connectivity index (χ0v) is 11.3. The third kappa shape index (κ3) is 3.21. The van der Waals surface area contributed by atoms with Gasteiger partial charge in [0.2, 0.25) is 0 Å². The fourth-order valence-electron chi connectivity index (χ4n) is 3.57. The van der Waals surface area contributed by atoms with Gasteiger partial charge in [0.05, 0.1) is 0 Å². The molecule has 0 aromatic heterocycles. The molecule has 2 rings (SSSR count). The molecule has 2 saturated heterocycles. The van der Waals surface area contributed by atoms with Crippen LogP contribution in [0.3, 0.4) is 0 Å². The molecule has 0 bridgehead atoms. The van der Waals surface area contributed by atoms with Gasteiger partial charge in [-0.05, 0) is 44.7 Å². The molecule has 2 aliphatic heterocycles. The summed E-state index contributed by atoms with van der Waals surface area (Å²) in [6.45, 7) is 10.1. The first-order chi connectivity index (χ1) is 7.65. The molecule has 0 amide bonds. The standard InChI is InChI=1S/C14H28N2/c1-12-6-4-5-7-16(10-12)14-8-13(2)9-15(3)11-14/h12-14H,4-11H2,1-3H3. The van der Waals surface area contributed by atoms with Gasteiger partial charge >= 0.3 is 0 Å². The lowest BCUT2D eigenvalue weighted by Gasteiger charge is -2.41. The molecule has 2 fully saturated rings. The van der Waals surface area contributed by atoms with E-state index in [0.717, 1.165) is 17.9 Å². The van der Waals surface area contributed by atoms with E-state index in [2.05, 4.69) is 30.7 Å². The predicted octanol–water partition coefficient (Wildman–Crippen LogP) is 2.45. The Labute approximate surface area is 101 Å². The van der Waals surface area contributed by atoms with Gasteiger partial charge in [-0.3, -0.25) is 4.90 Å². The third-order valence-electron chi connectivity index (χ3n) is 4.28. The highest BCUT2D eigenvalue weighted by Crippen LogP contribution is 2.24. The Hall–Kier alpha value is -0.0800. The second-order valence-corrected chi connectivity index (χ2v) is 6.31. The molecule has 2 nitrogen and oxygen atoms in total. The van der Waals surface area contributed by atoms with Gasteiger partial charge in [0.15, 0.2) is 0 Å². The van der Waals surface area contributed by atoms with Crippen LogP contribution in [0.4, 0.5) is 0 Å². The summed E-state index contributed by atoms with van der Waals surface area (Å²) in [5, 5.41) is 0. The lowest BCUT2D eigenvalue weighted by atomic mass is 9.94. The highest BCUT2D eigenvalue weighted by atomic mass is 15.2. The van der Waals surface area contributed by atoms with Crippen LogP contribution in [0.15, 0.2) is 0 Å². The van der Waals surface area contributed by atoms with Crippen LogP contribution in [0.25, 0.3) is 0 Å². The molecule has 0 N–H and O–H groups in total.